The van der Waals surface area contributed by atoms with E-state index in [2.05, 4.69) is 0 Å². The van der Waals surface area contributed by atoms with Crippen molar-refractivity contribution in [1.82, 2.24) is 0 Å². The van der Waals surface area contributed by atoms with Crippen LogP contribution in [0.25, 0.3) is 0 Å². The van der Waals surface area contributed by atoms with Gasteiger partial charge in [-0.25, -0.2) is 4.79 Å². The largest absolute Gasteiger partial charge is 0.463 e. The Labute approximate surface area is 143 Å². The Hall–Kier alpha value is -1.92. The zero-order chi connectivity index (χ0) is 18.5. The third kappa shape index (κ3) is 10.7. The third-order valence-corrected chi connectivity index (χ3v) is 3.32. The molecule has 7 heteroatoms. The molecule has 24 heavy (non-hydrogen) atoms. The molecule has 0 heterocycles. The highest BCUT2D eigenvalue weighted by atomic mass is 16.6. The van der Waals surface area contributed by atoms with Crippen LogP contribution in [-0.4, -0.2) is 42.5 Å². The molecule has 0 N–H and O–H groups in total. The SMILES string of the molecule is CCOC(=O)C(C)OC(=O)CCCCCCC(=O)OC(C)C(C)=O. The molecule has 0 aliphatic heterocycles. The van der Waals surface area contributed by atoms with E-state index in [-0.39, 0.29) is 31.2 Å². The fourth-order valence-electron chi connectivity index (χ4n) is 1.80. The molecule has 7 nitrogen and oxygen atoms in total. The van der Waals surface area contributed by atoms with Gasteiger partial charge in [-0.3, -0.25) is 14.4 Å². The maximum Gasteiger partial charge on any atom is 0.347 e. The number of carbonyl (C=O) groups is 4. The second-order valence-electron chi connectivity index (χ2n) is 5.54. The summed E-state index contributed by atoms with van der Waals surface area (Å²) in [6.45, 7) is 6.32. The molecule has 0 aromatic rings. The second kappa shape index (κ2) is 12.5. The number of hydrogen-bond donors (Lipinski definition) is 0. The van der Waals surface area contributed by atoms with Gasteiger partial charge in [0.25, 0.3) is 0 Å². The van der Waals surface area contributed by atoms with Crippen molar-refractivity contribution < 1.29 is 33.4 Å². The summed E-state index contributed by atoms with van der Waals surface area (Å²) >= 11 is 0. The van der Waals surface area contributed by atoms with E-state index in [0.717, 1.165) is 12.8 Å². The van der Waals surface area contributed by atoms with Crippen LogP contribution in [0, 0.1) is 0 Å². The third-order valence-electron chi connectivity index (χ3n) is 3.32. The Morgan fingerprint density at radius 3 is 1.67 bits per heavy atom. The van der Waals surface area contributed by atoms with Gasteiger partial charge >= 0.3 is 17.9 Å². The number of carbonyl (C=O) groups excluding carboxylic acids is 4. The first-order valence-corrected chi connectivity index (χ1v) is 8.34. The van der Waals surface area contributed by atoms with Crippen LogP contribution < -0.4 is 0 Å². The Bertz CT molecular complexity index is 431. The molecule has 0 aliphatic carbocycles. The predicted molar refractivity (Wildman–Crippen MR) is 86.1 cm³/mol. The van der Waals surface area contributed by atoms with E-state index in [1.54, 1.807) is 13.8 Å². The van der Waals surface area contributed by atoms with Crippen molar-refractivity contribution in [1.29, 1.82) is 0 Å². The molecule has 0 saturated carbocycles. The van der Waals surface area contributed by atoms with Crippen LogP contribution in [0.5, 0.6) is 0 Å². The molecule has 0 rings (SSSR count). The molecule has 2 atom stereocenters. The van der Waals surface area contributed by atoms with E-state index in [1.165, 1.54) is 13.8 Å². The minimum absolute atomic E-state index is 0.182. The molecule has 138 valence electrons. The first-order valence-electron chi connectivity index (χ1n) is 8.34. The van der Waals surface area contributed by atoms with Gasteiger partial charge in [0.15, 0.2) is 18.0 Å². The highest BCUT2D eigenvalue weighted by Gasteiger charge is 2.18. The number of Topliss-reactive ketones (excluding diaryl/α,β-unsaturated/α-hetero) is 1. The van der Waals surface area contributed by atoms with E-state index in [1.807, 2.05) is 0 Å². The van der Waals surface area contributed by atoms with E-state index in [9.17, 15) is 19.2 Å². The van der Waals surface area contributed by atoms with Crippen LogP contribution in [0.1, 0.15) is 66.2 Å². The first-order chi connectivity index (χ1) is 11.3. The molecule has 0 bridgehead atoms. The molecule has 0 aromatic carbocycles. The summed E-state index contributed by atoms with van der Waals surface area (Å²) in [5, 5.41) is 0. The average molecular weight is 344 g/mol. The number of esters is 3. The van der Waals surface area contributed by atoms with E-state index < -0.39 is 24.1 Å². The number of hydrogen-bond acceptors (Lipinski definition) is 7. The molecule has 0 radical (unpaired) electrons. The second-order valence-corrected chi connectivity index (χ2v) is 5.54. The number of unbranched alkanes of at least 4 members (excludes halogenated alkanes) is 3. The van der Waals surface area contributed by atoms with Crippen molar-refractivity contribution >= 4 is 23.7 Å². The monoisotopic (exact) mass is 344 g/mol. The minimum Gasteiger partial charge on any atom is -0.463 e. The molecule has 0 amide bonds. The van der Waals surface area contributed by atoms with Gasteiger partial charge in [-0.05, 0) is 40.5 Å². The highest BCUT2D eigenvalue weighted by molar-refractivity contribution is 5.83. The van der Waals surface area contributed by atoms with Gasteiger partial charge in [0.2, 0.25) is 0 Å². The van der Waals surface area contributed by atoms with Crippen molar-refractivity contribution in [2.45, 2.75) is 78.4 Å². The Morgan fingerprint density at radius 1 is 0.792 bits per heavy atom. The van der Waals surface area contributed by atoms with Crippen molar-refractivity contribution in [3.63, 3.8) is 0 Å². The summed E-state index contributed by atoms with van der Waals surface area (Å²) in [5.74, 6) is -1.56. The lowest BCUT2D eigenvalue weighted by Crippen LogP contribution is -2.26. The van der Waals surface area contributed by atoms with Gasteiger partial charge in [0, 0.05) is 12.8 Å². The first kappa shape index (κ1) is 22.1. The minimum atomic E-state index is -0.893. The summed E-state index contributed by atoms with van der Waals surface area (Å²) in [4.78, 5) is 45.3. The quantitative estimate of drug-likeness (QED) is 0.304. The molecular formula is C17H28O7. The maximum absolute atomic E-state index is 11.6. The molecule has 0 spiro atoms. The summed E-state index contributed by atoms with van der Waals surface area (Å²) < 4.78 is 14.6. The van der Waals surface area contributed by atoms with Crippen LogP contribution in [0.4, 0.5) is 0 Å². The number of rotatable bonds is 12. The van der Waals surface area contributed by atoms with Gasteiger partial charge in [-0.2, -0.15) is 0 Å². The van der Waals surface area contributed by atoms with Crippen molar-refractivity contribution in [2.24, 2.45) is 0 Å². The normalized spacial score (nSPS) is 12.8. The Morgan fingerprint density at radius 2 is 1.25 bits per heavy atom. The molecule has 0 saturated heterocycles. The number of ether oxygens (including phenoxy) is 3. The van der Waals surface area contributed by atoms with Gasteiger partial charge in [-0.1, -0.05) is 12.8 Å². The van der Waals surface area contributed by atoms with Gasteiger partial charge < -0.3 is 14.2 Å². The van der Waals surface area contributed by atoms with E-state index >= 15 is 0 Å². The fourth-order valence-corrected chi connectivity index (χ4v) is 1.80. The Balaban J connectivity index is 3.69. The van der Waals surface area contributed by atoms with Crippen LogP contribution in [0.15, 0.2) is 0 Å². The van der Waals surface area contributed by atoms with Crippen molar-refractivity contribution in [3.05, 3.63) is 0 Å². The van der Waals surface area contributed by atoms with Crippen LogP contribution in [0.2, 0.25) is 0 Å². The lowest BCUT2D eigenvalue weighted by Gasteiger charge is -2.11. The zero-order valence-electron chi connectivity index (χ0n) is 15.0. The topological polar surface area (TPSA) is 96.0 Å². The molecule has 0 aliphatic rings. The van der Waals surface area contributed by atoms with Crippen molar-refractivity contribution in [3.8, 4) is 0 Å². The molecule has 0 fully saturated rings. The lowest BCUT2D eigenvalue weighted by molar-refractivity contribution is -0.166. The fraction of sp³-hybridized carbons (Fsp3) is 0.765. The molecule has 2 unspecified atom stereocenters. The van der Waals surface area contributed by atoms with Gasteiger partial charge in [-0.15, -0.1) is 0 Å². The highest BCUT2D eigenvalue weighted by Crippen LogP contribution is 2.09. The van der Waals surface area contributed by atoms with Crippen molar-refractivity contribution in [2.75, 3.05) is 6.61 Å². The van der Waals surface area contributed by atoms with Crippen LogP contribution >= 0.6 is 0 Å². The summed E-state index contributed by atoms with van der Waals surface area (Å²) in [6.07, 6.45) is 1.66. The standard InChI is InChI=1S/C17H28O7/c1-5-22-17(21)14(4)24-16(20)11-9-7-6-8-10-15(19)23-13(3)12(2)18/h13-14H,5-11H2,1-4H3. The Kier molecular flexibility index (Phi) is 11.5. The maximum atomic E-state index is 11.6. The lowest BCUT2D eigenvalue weighted by atomic mass is 10.1. The summed E-state index contributed by atoms with van der Waals surface area (Å²) in [5.41, 5.74) is 0. The van der Waals surface area contributed by atoms with Gasteiger partial charge in [0.05, 0.1) is 6.61 Å². The average Bonchev–Trinajstić information content (AvgIpc) is 2.50. The van der Waals surface area contributed by atoms with E-state index in [0.29, 0.717) is 12.8 Å². The molecular weight excluding hydrogens is 316 g/mol. The van der Waals surface area contributed by atoms with Gasteiger partial charge in [0.1, 0.15) is 0 Å². The smallest absolute Gasteiger partial charge is 0.347 e. The van der Waals surface area contributed by atoms with E-state index in [4.69, 9.17) is 14.2 Å². The van der Waals surface area contributed by atoms with Crippen LogP contribution in [-0.2, 0) is 33.4 Å². The zero-order valence-corrected chi connectivity index (χ0v) is 15.0. The molecule has 0 aromatic heterocycles. The summed E-state index contributed by atoms with van der Waals surface area (Å²) in [7, 11) is 0. The predicted octanol–water partition coefficient (Wildman–Crippen LogP) is 2.34. The summed E-state index contributed by atoms with van der Waals surface area (Å²) in [6, 6.07) is 0. The number of ketones is 1. The van der Waals surface area contributed by atoms with Crippen LogP contribution in [0.3, 0.4) is 0 Å².